The van der Waals surface area contributed by atoms with E-state index in [1.165, 1.54) is 12.1 Å². The monoisotopic (exact) mass is 257 g/mol. The van der Waals surface area contributed by atoms with Crippen LogP contribution in [-0.2, 0) is 0 Å². The van der Waals surface area contributed by atoms with Crippen LogP contribution in [0.5, 0.6) is 0 Å². The first-order chi connectivity index (χ1) is 9.15. The number of pyridine rings is 1. The Balaban J connectivity index is 2.07. The fraction of sp³-hybridized carbons (Fsp3) is 0.133. The summed E-state index contributed by atoms with van der Waals surface area (Å²) in [7, 11) is 0. The normalized spacial score (nSPS) is 12.8. The third-order valence-corrected chi connectivity index (χ3v) is 3.11. The van der Waals surface area contributed by atoms with Crippen molar-refractivity contribution in [1.82, 2.24) is 4.98 Å². The minimum atomic E-state index is -0.899. The lowest BCUT2D eigenvalue weighted by molar-refractivity contribution is 0.191. The Morgan fingerprint density at radius 2 is 2.11 bits per heavy atom. The van der Waals surface area contributed by atoms with Gasteiger partial charge in [-0.25, -0.2) is 4.39 Å². The number of aliphatic hydroxyl groups is 1. The van der Waals surface area contributed by atoms with Crippen LogP contribution in [0, 0.1) is 12.7 Å². The van der Waals surface area contributed by atoms with Gasteiger partial charge in [-0.15, -0.1) is 0 Å². The average molecular weight is 257 g/mol. The van der Waals surface area contributed by atoms with Gasteiger partial charge in [0.15, 0.2) is 0 Å². The first-order valence-electron chi connectivity index (χ1n) is 5.94. The minimum Gasteiger partial charge on any atom is -0.458 e. The van der Waals surface area contributed by atoms with Crippen molar-refractivity contribution in [3.05, 3.63) is 65.4 Å². The maximum absolute atomic E-state index is 13.1. The SMILES string of the molecule is Cc1ncccc1C(O)c1cc2cc(F)ccc2o1. The van der Waals surface area contributed by atoms with Crippen LogP contribution in [0.4, 0.5) is 4.39 Å². The Hall–Kier alpha value is -2.20. The number of furan rings is 1. The molecule has 4 heteroatoms. The molecule has 19 heavy (non-hydrogen) atoms. The van der Waals surface area contributed by atoms with Gasteiger partial charge >= 0.3 is 0 Å². The Labute approximate surface area is 109 Å². The molecule has 3 aromatic rings. The van der Waals surface area contributed by atoms with Crippen LogP contribution in [-0.4, -0.2) is 10.1 Å². The maximum atomic E-state index is 13.1. The summed E-state index contributed by atoms with van der Waals surface area (Å²) >= 11 is 0. The molecule has 0 aliphatic rings. The smallest absolute Gasteiger partial charge is 0.138 e. The van der Waals surface area contributed by atoms with E-state index in [1.54, 1.807) is 30.5 Å². The van der Waals surface area contributed by atoms with Crippen molar-refractivity contribution in [3.63, 3.8) is 0 Å². The number of benzene rings is 1. The second-order valence-electron chi connectivity index (χ2n) is 4.41. The summed E-state index contributed by atoms with van der Waals surface area (Å²) < 4.78 is 18.7. The molecule has 0 saturated heterocycles. The van der Waals surface area contributed by atoms with Crippen molar-refractivity contribution in [3.8, 4) is 0 Å². The third-order valence-electron chi connectivity index (χ3n) is 3.11. The molecule has 0 spiro atoms. The summed E-state index contributed by atoms with van der Waals surface area (Å²) in [5.74, 6) is 0.0589. The molecule has 0 aliphatic carbocycles. The van der Waals surface area contributed by atoms with Crippen LogP contribution in [0.15, 0.2) is 47.0 Å². The van der Waals surface area contributed by atoms with E-state index in [0.717, 1.165) is 5.69 Å². The van der Waals surface area contributed by atoms with Gasteiger partial charge in [-0.3, -0.25) is 4.98 Å². The van der Waals surface area contributed by atoms with E-state index in [9.17, 15) is 9.50 Å². The number of halogens is 1. The molecule has 2 aromatic heterocycles. The molecular formula is C15H12FNO2. The van der Waals surface area contributed by atoms with E-state index >= 15 is 0 Å². The summed E-state index contributed by atoms with van der Waals surface area (Å²) in [6.45, 7) is 1.82. The highest BCUT2D eigenvalue weighted by Crippen LogP contribution is 2.29. The van der Waals surface area contributed by atoms with Crippen LogP contribution >= 0.6 is 0 Å². The Morgan fingerprint density at radius 1 is 1.26 bits per heavy atom. The van der Waals surface area contributed by atoms with Crippen molar-refractivity contribution in [1.29, 1.82) is 0 Å². The number of hydrogen-bond acceptors (Lipinski definition) is 3. The predicted molar refractivity (Wildman–Crippen MR) is 69.2 cm³/mol. The zero-order valence-corrected chi connectivity index (χ0v) is 10.3. The number of fused-ring (bicyclic) bond motifs is 1. The van der Waals surface area contributed by atoms with E-state index in [0.29, 0.717) is 22.3 Å². The van der Waals surface area contributed by atoms with E-state index in [2.05, 4.69) is 4.98 Å². The molecule has 0 aliphatic heterocycles. The summed E-state index contributed by atoms with van der Waals surface area (Å²) in [5.41, 5.74) is 1.97. The largest absolute Gasteiger partial charge is 0.458 e. The zero-order chi connectivity index (χ0) is 13.4. The summed E-state index contributed by atoms with van der Waals surface area (Å²) in [4.78, 5) is 4.13. The molecule has 0 radical (unpaired) electrons. The molecular weight excluding hydrogens is 245 g/mol. The van der Waals surface area contributed by atoms with Gasteiger partial charge in [-0.1, -0.05) is 6.07 Å². The Kier molecular flexibility index (Phi) is 2.80. The van der Waals surface area contributed by atoms with Gasteiger partial charge in [0.05, 0.1) is 0 Å². The fourth-order valence-electron chi connectivity index (χ4n) is 2.11. The molecule has 1 atom stereocenters. The lowest BCUT2D eigenvalue weighted by Gasteiger charge is -2.09. The molecule has 96 valence electrons. The highest BCUT2D eigenvalue weighted by Gasteiger charge is 2.17. The second-order valence-corrected chi connectivity index (χ2v) is 4.41. The molecule has 1 aromatic carbocycles. The number of rotatable bonds is 2. The molecule has 1 N–H and O–H groups in total. The molecule has 0 fully saturated rings. The third kappa shape index (κ3) is 2.11. The quantitative estimate of drug-likeness (QED) is 0.765. The first kappa shape index (κ1) is 11.9. The van der Waals surface area contributed by atoms with E-state index in [1.807, 2.05) is 6.92 Å². The molecule has 0 saturated carbocycles. The van der Waals surface area contributed by atoms with Crippen molar-refractivity contribution in [2.45, 2.75) is 13.0 Å². The van der Waals surface area contributed by atoms with E-state index in [-0.39, 0.29) is 5.82 Å². The van der Waals surface area contributed by atoms with Crippen molar-refractivity contribution in [2.75, 3.05) is 0 Å². The molecule has 0 amide bonds. The van der Waals surface area contributed by atoms with Gasteiger partial charge in [0.1, 0.15) is 23.3 Å². The van der Waals surface area contributed by atoms with Crippen LogP contribution in [0.25, 0.3) is 11.0 Å². The van der Waals surface area contributed by atoms with Crippen molar-refractivity contribution in [2.24, 2.45) is 0 Å². The van der Waals surface area contributed by atoms with Crippen LogP contribution in [0.1, 0.15) is 23.1 Å². The molecule has 0 bridgehead atoms. The zero-order valence-electron chi connectivity index (χ0n) is 10.3. The van der Waals surface area contributed by atoms with Crippen LogP contribution < -0.4 is 0 Å². The topological polar surface area (TPSA) is 46.3 Å². The first-order valence-corrected chi connectivity index (χ1v) is 5.94. The minimum absolute atomic E-state index is 0.327. The Bertz CT molecular complexity index is 736. The van der Waals surface area contributed by atoms with Crippen molar-refractivity contribution < 1.29 is 13.9 Å². The molecule has 3 rings (SSSR count). The van der Waals surface area contributed by atoms with Crippen LogP contribution in [0.3, 0.4) is 0 Å². The highest BCUT2D eigenvalue weighted by molar-refractivity contribution is 5.78. The lowest BCUT2D eigenvalue weighted by Crippen LogP contribution is -2.01. The number of hydrogen-bond donors (Lipinski definition) is 1. The molecule has 2 heterocycles. The highest BCUT2D eigenvalue weighted by atomic mass is 19.1. The van der Waals surface area contributed by atoms with Gasteiger partial charge in [-0.2, -0.15) is 0 Å². The van der Waals surface area contributed by atoms with Crippen LogP contribution in [0.2, 0.25) is 0 Å². The number of aliphatic hydroxyl groups excluding tert-OH is 1. The summed E-state index contributed by atoms with van der Waals surface area (Å²) in [6, 6.07) is 9.46. The number of nitrogens with zero attached hydrogens (tertiary/aromatic N) is 1. The maximum Gasteiger partial charge on any atom is 0.138 e. The summed E-state index contributed by atoms with van der Waals surface area (Å²) in [6.07, 6.45) is 0.767. The van der Waals surface area contributed by atoms with Gasteiger partial charge in [0.2, 0.25) is 0 Å². The van der Waals surface area contributed by atoms with Gasteiger partial charge in [-0.05, 0) is 37.3 Å². The van der Waals surface area contributed by atoms with Gasteiger partial charge < -0.3 is 9.52 Å². The number of aryl methyl sites for hydroxylation is 1. The lowest BCUT2D eigenvalue weighted by atomic mass is 10.1. The van der Waals surface area contributed by atoms with Crippen molar-refractivity contribution >= 4 is 11.0 Å². The van der Waals surface area contributed by atoms with Gasteiger partial charge in [0.25, 0.3) is 0 Å². The standard InChI is InChI=1S/C15H12FNO2/c1-9-12(3-2-6-17-9)15(18)14-8-10-7-11(16)4-5-13(10)19-14/h2-8,15,18H,1H3. The van der Waals surface area contributed by atoms with Gasteiger partial charge in [0, 0.05) is 22.8 Å². The van der Waals surface area contributed by atoms with E-state index < -0.39 is 6.10 Å². The summed E-state index contributed by atoms with van der Waals surface area (Å²) in [5, 5.41) is 11.0. The average Bonchev–Trinajstić information content (AvgIpc) is 2.81. The Morgan fingerprint density at radius 3 is 2.89 bits per heavy atom. The predicted octanol–water partition coefficient (Wildman–Crippen LogP) is 3.36. The fourth-order valence-corrected chi connectivity index (χ4v) is 2.11. The second kappa shape index (κ2) is 4.48. The number of aromatic nitrogens is 1. The molecule has 1 unspecified atom stereocenters. The molecule has 3 nitrogen and oxygen atoms in total. The van der Waals surface area contributed by atoms with E-state index in [4.69, 9.17) is 4.42 Å².